The van der Waals surface area contributed by atoms with E-state index in [2.05, 4.69) is 0 Å². The fourth-order valence-corrected chi connectivity index (χ4v) is 0. The molecule has 0 aliphatic rings. The number of rotatable bonds is 0. The predicted octanol–water partition coefficient (Wildman–Crippen LogP) is -4.64. The van der Waals surface area contributed by atoms with Gasteiger partial charge in [-0.15, -0.1) is 0 Å². The Bertz CT molecular complexity index is 23.2. The van der Waals surface area contributed by atoms with E-state index in [0.29, 0.717) is 0 Å². The molecule has 8 heteroatoms. The summed E-state index contributed by atoms with van der Waals surface area (Å²) in [6.07, 6.45) is 0. The van der Waals surface area contributed by atoms with Gasteiger partial charge in [0.15, 0.2) is 0 Å². The largest absolute Gasteiger partial charge is 2.00 e. The number of hydrogen-bond acceptors (Lipinski definition) is 0. The molecule has 0 rings (SSSR count). The van der Waals surface area contributed by atoms with E-state index in [0.717, 1.165) is 0 Å². The van der Waals surface area contributed by atoms with Crippen LogP contribution in [0.25, 0.3) is 0 Å². The summed E-state index contributed by atoms with van der Waals surface area (Å²) in [6, 6.07) is 0. The zero-order chi connectivity index (χ0) is 0. The second kappa shape index (κ2) is 74.3. The van der Waals surface area contributed by atoms with Crippen LogP contribution in [0.2, 0.25) is 0 Å². The average molecular weight is 514 g/mol. The van der Waals surface area contributed by atoms with E-state index in [1.165, 1.54) is 0 Å². The van der Waals surface area contributed by atoms with Crippen LogP contribution in [-0.2, 0) is 44.1 Å². The van der Waals surface area contributed by atoms with Crippen LogP contribution in [0.5, 0.6) is 0 Å². The van der Waals surface area contributed by atoms with Gasteiger partial charge in [-0.2, -0.15) is 0 Å². The Morgan fingerprint density at radius 3 is 0.750 bits per heavy atom. The van der Waals surface area contributed by atoms with Crippen molar-refractivity contribution in [2.75, 3.05) is 0 Å². The second-order valence-corrected chi connectivity index (χ2v) is 0. The van der Waals surface area contributed by atoms with Crippen LogP contribution in [0.4, 0.5) is 0 Å². The Morgan fingerprint density at radius 2 is 0.750 bits per heavy atom. The standard InChI is InChI=1S/Bi.Nb.4H2O.Sr.Ti.5H/h;;4*1H2;;;;;;;/q;;;;;;+2;;;;;2*-1. The van der Waals surface area contributed by atoms with Gasteiger partial charge in [0.1, 0.15) is 0 Å². The summed E-state index contributed by atoms with van der Waals surface area (Å²) in [4.78, 5) is 0. The Balaban J connectivity index is 0. The van der Waals surface area contributed by atoms with E-state index in [9.17, 15) is 0 Å². The van der Waals surface area contributed by atoms with E-state index >= 15 is 0 Å². The zero-order valence-corrected chi connectivity index (χ0v) is 17.1. The number of hydrogen-bond donors (Lipinski definition) is 0. The molecule has 4 nitrogen and oxygen atoms in total. The Kier molecular flexibility index (Phi) is 919. The summed E-state index contributed by atoms with van der Waals surface area (Å²) in [5.41, 5.74) is 0. The quantitative estimate of drug-likeness (QED) is 0.289. The maximum Gasteiger partial charge on any atom is 2.00 e. The van der Waals surface area contributed by atoms with Gasteiger partial charge in [-0.3, -0.25) is 0 Å². The molecule has 0 saturated carbocycles. The predicted molar refractivity (Wildman–Crippen MR) is 32.4 cm³/mol. The van der Waals surface area contributed by atoms with E-state index in [-0.39, 0.29) is 141 Å². The molecule has 0 aromatic heterocycles. The summed E-state index contributed by atoms with van der Waals surface area (Å²) in [5, 5.41) is 0. The van der Waals surface area contributed by atoms with E-state index in [4.69, 9.17) is 0 Å². The molecule has 8 N–H and O–H groups in total. The van der Waals surface area contributed by atoms with E-state index < -0.39 is 0 Å². The minimum atomic E-state index is 0. The van der Waals surface area contributed by atoms with Crippen LogP contribution >= 0.6 is 0 Å². The van der Waals surface area contributed by atoms with Crippen molar-refractivity contribution in [3.05, 3.63) is 0 Å². The molecule has 0 heterocycles. The smallest absolute Gasteiger partial charge is 1.00 e. The monoisotopic (exact) mass is 515 g/mol. The van der Waals surface area contributed by atoms with Crippen molar-refractivity contribution < 1.29 is 68.9 Å². The van der Waals surface area contributed by atoms with Crippen molar-refractivity contribution in [3.63, 3.8) is 0 Å². The molecule has 0 bridgehead atoms. The van der Waals surface area contributed by atoms with E-state index in [1.54, 1.807) is 0 Å². The molecule has 0 aliphatic carbocycles. The molecule has 8 heavy (non-hydrogen) atoms. The Hall–Kier alpha value is 3.66. The maximum absolute atomic E-state index is 0. The maximum atomic E-state index is 0. The van der Waals surface area contributed by atoms with Crippen LogP contribution < -0.4 is 0 Å². The molecule has 0 amide bonds. The third-order valence-electron chi connectivity index (χ3n) is 0. The molecule has 0 aromatic rings. The van der Waals surface area contributed by atoms with Gasteiger partial charge in [0.05, 0.1) is 0 Å². The first-order valence-corrected chi connectivity index (χ1v) is 0. The molecular formula is H13BiNbO4SrTi. The third-order valence-corrected chi connectivity index (χ3v) is 0. The summed E-state index contributed by atoms with van der Waals surface area (Å²) in [5.74, 6) is 0. The average Bonchev–Trinajstić information content (AvgIpc) is 0. The van der Waals surface area contributed by atoms with E-state index in [1.807, 2.05) is 0 Å². The summed E-state index contributed by atoms with van der Waals surface area (Å²) in [6.45, 7) is 0. The van der Waals surface area contributed by atoms with Gasteiger partial charge in [-0.05, 0) is 0 Å². The molecule has 0 fully saturated rings. The van der Waals surface area contributed by atoms with Crippen molar-refractivity contribution >= 4 is 71.7 Å². The van der Waals surface area contributed by atoms with Gasteiger partial charge in [0, 0.05) is 44.1 Å². The third kappa shape index (κ3) is 54.1. The molecule has 0 aliphatic heterocycles. The van der Waals surface area contributed by atoms with Crippen molar-refractivity contribution in [1.29, 1.82) is 0 Å². The van der Waals surface area contributed by atoms with Gasteiger partial charge in [-0.1, -0.05) is 0 Å². The molecule has 0 saturated heterocycles. The molecule has 0 aromatic carbocycles. The van der Waals surface area contributed by atoms with Gasteiger partial charge in [0.25, 0.3) is 0 Å². The Morgan fingerprint density at radius 1 is 0.750 bits per heavy atom. The first-order chi connectivity index (χ1) is 0. The molecule has 0 spiro atoms. The van der Waals surface area contributed by atoms with Crippen molar-refractivity contribution in [2.24, 2.45) is 0 Å². The second-order valence-electron chi connectivity index (χ2n) is 0. The van der Waals surface area contributed by atoms with Crippen molar-refractivity contribution in [3.8, 4) is 0 Å². The molecule has 0 atom stereocenters. The van der Waals surface area contributed by atoms with Gasteiger partial charge >= 0.3 is 71.7 Å². The fraction of sp³-hybridized carbons (Fsp3) is 0. The first-order valence-electron chi connectivity index (χ1n) is 0. The van der Waals surface area contributed by atoms with Crippen LogP contribution in [0, 0.1) is 0 Å². The topological polar surface area (TPSA) is 126 Å². The normalized spacial score (nSPS) is 0. The van der Waals surface area contributed by atoms with Crippen LogP contribution in [0.15, 0.2) is 0 Å². The summed E-state index contributed by atoms with van der Waals surface area (Å²) < 4.78 is 0. The van der Waals surface area contributed by atoms with Gasteiger partial charge in [0.2, 0.25) is 0 Å². The molecular weight excluding hydrogens is 501 g/mol. The molecule has 1 radical (unpaired) electrons. The van der Waals surface area contributed by atoms with Crippen LogP contribution in [0.1, 0.15) is 2.85 Å². The van der Waals surface area contributed by atoms with Crippen LogP contribution in [-0.4, -0.2) is 93.6 Å². The molecule has 53 valence electrons. The zero-order valence-electron chi connectivity index (χ0n) is 6.36. The SMILES string of the molecule is O.O.O.O.[BiH3].[H-].[H-].[Nb].[Sr+2].[Ti]. The minimum absolute atomic E-state index is 0. The fourth-order valence-electron chi connectivity index (χ4n) is 0. The Labute approximate surface area is 138 Å². The minimum Gasteiger partial charge on any atom is -1.00 e. The van der Waals surface area contributed by atoms with Crippen molar-refractivity contribution in [2.45, 2.75) is 0 Å². The summed E-state index contributed by atoms with van der Waals surface area (Å²) >= 11 is 0. The first kappa shape index (κ1) is 99.0. The van der Waals surface area contributed by atoms with Crippen LogP contribution in [0.3, 0.4) is 0 Å². The molecule has 0 unspecified atom stereocenters. The van der Waals surface area contributed by atoms with Crippen molar-refractivity contribution in [1.82, 2.24) is 0 Å². The summed E-state index contributed by atoms with van der Waals surface area (Å²) in [7, 11) is 0. The van der Waals surface area contributed by atoms with Gasteiger partial charge in [-0.25, -0.2) is 0 Å². The van der Waals surface area contributed by atoms with Gasteiger partial charge < -0.3 is 24.8 Å².